The number of nitrogens with one attached hydrogen (secondary N) is 2. The summed E-state index contributed by atoms with van der Waals surface area (Å²) < 4.78 is 28.0. The summed E-state index contributed by atoms with van der Waals surface area (Å²) in [7, 11) is 0.582. The molecule has 1 aliphatic heterocycles. The van der Waals surface area contributed by atoms with Gasteiger partial charge in [0, 0.05) is 24.5 Å². The van der Waals surface area contributed by atoms with Crippen molar-refractivity contribution in [3.05, 3.63) is 16.5 Å². The maximum Gasteiger partial charge on any atom is 0.250 e. The van der Waals surface area contributed by atoms with Crippen molar-refractivity contribution >= 4 is 21.4 Å². The van der Waals surface area contributed by atoms with Gasteiger partial charge in [-0.2, -0.15) is 0 Å². The van der Waals surface area contributed by atoms with E-state index < -0.39 is 10.0 Å². The SMILES string of the molecule is CNCc1sc(S(=O)(=O)NCC2CCCN(C)C2)cc1C. The summed E-state index contributed by atoms with van der Waals surface area (Å²) in [6.45, 7) is 5.28. The lowest BCUT2D eigenvalue weighted by Crippen LogP contribution is -2.38. The van der Waals surface area contributed by atoms with Crippen molar-refractivity contribution in [3.8, 4) is 0 Å². The molecule has 2 rings (SSSR count). The van der Waals surface area contributed by atoms with Gasteiger partial charge in [-0.15, -0.1) is 11.3 Å². The van der Waals surface area contributed by atoms with Gasteiger partial charge in [0.2, 0.25) is 10.0 Å². The number of likely N-dealkylation sites (tertiary alicyclic amines) is 1. The Morgan fingerprint density at radius 3 is 2.90 bits per heavy atom. The van der Waals surface area contributed by atoms with Gasteiger partial charge in [0.1, 0.15) is 4.21 Å². The molecule has 7 heteroatoms. The molecule has 120 valence electrons. The van der Waals surface area contributed by atoms with Crippen LogP contribution in [0.25, 0.3) is 0 Å². The van der Waals surface area contributed by atoms with Crippen LogP contribution in [0.15, 0.2) is 10.3 Å². The zero-order valence-corrected chi connectivity index (χ0v) is 14.6. The molecule has 1 aromatic rings. The van der Waals surface area contributed by atoms with Gasteiger partial charge in [0.15, 0.2) is 0 Å². The van der Waals surface area contributed by atoms with E-state index in [1.165, 1.54) is 11.3 Å². The molecule has 1 aromatic heterocycles. The van der Waals surface area contributed by atoms with Crippen molar-refractivity contribution in [1.29, 1.82) is 0 Å². The minimum Gasteiger partial charge on any atom is -0.315 e. The summed E-state index contributed by atoms with van der Waals surface area (Å²) in [6, 6.07) is 1.77. The monoisotopic (exact) mass is 331 g/mol. The molecule has 0 aromatic carbocycles. The first-order valence-electron chi connectivity index (χ1n) is 7.34. The summed E-state index contributed by atoms with van der Waals surface area (Å²) in [6.07, 6.45) is 2.24. The Kier molecular flexibility index (Phi) is 5.79. The Morgan fingerprint density at radius 1 is 1.48 bits per heavy atom. The van der Waals surface area contributed by atoms with Crippen molar-refractivity contribution in [2.45, 2.75) is 30.5 Å². The molecule has 0 saturated carbocycles. The third-order valence-electron chi connectivity index (χ3n) is 3.88. The molecule has 0 spiro atoms. The number of thiophene rings is 1. The van der Waals surface area contributed by atoms with Gasteiger partial charge in [-0.3, -0.25) is 0 Å². The number of sulfonamides is 1. The standard InChI is InChI=1S/C14H25N3O2S2/c1-11-7-14(20-13(11)9-15-2)21(18,19)16-8-12-5-4-6-17(3)10-12/h7,12,15-16H,4-6,8-10H2,1-3H3. The van der Waals surface area contributed by atoms with E-state index >= 15 is 0 Å². The fourth-order valence-corrected chi connectivity index (χ4v) is 5.46. The summed E-state index contributed by atoms with van der Waals surface area (Å²) in [5, 5.41) is 3.07. The molecule has 0 amide bonds. The zero-order valence-electron chi connectivity index (χ0n) is 13.0. The van der Waals surface area contributed by atoms with E-state index in [9.17, 15) is 8.42 Å². The van der Waals surface area contributed by atoms with Crippen molar-refractivity contribution in [3.63, 3.8) is 0 Å². The lowest BCUT2D eigenvalue weighted by molar-refractivity contribution is 0.211. The predicted octanol–water partition coefficient (Wildman–Crippen LogP) is 1.40. The molecule has 1 aliphatic rings. The molecule has 1 saturated heterocycles. The third kappa shape index (κ3) is 4.50. The first kappa shape index (κ1) is 16.9. The molecular formula is C14H25N3O2S2. The highest BCUT2D eigenvalue weighted by molar-refractivity contribution is 7.91. The van der Waals surface area contributed by atoms with Gasteiger partial charge in [0.05, 0.1) is 0 Å². The molecule has 2 heterocycles. The highest BCUT2D eigenvalue weighted by Crippen LogP contribution is 2.26. The molecule has 1 atom stereocenters. The summed E-state index contributed by atoms with van der Waals surface area (Å²) in [5.41, 5.74) is 1.03. The molecule has 5 nitrogen and oxygen atoms in total. The minimum atomic E-state index is -3.37. The summed E-state index contributed by atoms with van der Waals surface area (Å²) >= 11 is 1.35. The van der Waals surface area contributed by atoms with E-state index in [2.05, 4.69) is 22.0 Å². The molecule has 1 unspecified atom stereocenters. The number of aryl methyl sites for hydroxylation is 1. The number of hydrogen-bond acceptors (Lipinski definition) is 5. The Labute approximate surface area is 131 Å². The maximum absolute atomic E-state index is 12.4. The van der Waals surface area contributed by atoms with Gasteiger partial charge in [0.25, 0.3) is 0 Å². The molecule has 0 bridgehead atoms. The van der Waals surface area contributed by atoms with Crippen molar-refractivity contribution in [2.75, 3.05) is 33.7 Å². The Balaban J connectivity index is 1.99. The second-order valence-corrected chi connectivity index (χ2v) is 8.95. The first-order valence-corrected chi connectivity index (χ1v) is 9.64. The lowest BCUT2D eigenvalue weighted by atomic mass is 9.99. The maximum atomic E-state index is 12.4. The molecule has 21 heavy (non-hydrogen) atoms. The van der Waals surface area contributed by atoms with Gasteiger partial charge in [-0.05, 0) is 58.0 Å². The predicted molar refractivity (Wildman–Crippen MR) is 87.2 cm³/mol. The van der Waals surface area contributed by atoms with Crippen LogP contribution in [0.1, 0.15) is 23.3 Å². The highest BCUT2D eigenvalue weighted by Gasteiger charge is 2.22. The van der Waals surface area contributed by atoms with E-state index in [-0.39, 0.29) is 0 Å². The van der Waals surface area contributed by atoms with Gasteiger partial charge in [-0.25, -0.2) is 13.1 Å². The minimum absolute atomic E-state index is 0.413. The molecule has 2 N–H and O–H groups in total. The van der Waals surface area contributed by atoms with Crippen LogP contribution in [0, 0.1) is 12.8 Å². The van der Waals surface area contributed by atoms with Crippen LogP contribution in [0.5, 0.6) is 0 Å². The zero-order chi connectivity index (χ0) is 15.5. The first-order chi connectivity index (χ1) is 9.92. The highest BCUT2D eigenvalue weighted by atomic mass is 32.2. The van der Waals surface area contributed by atoms with E-state index in [1.54, 1.807) is 6.07 Å². The normalized spacial score (nSPS) is 20.8. The topological polar surface area (TPSA) is 61.4 Å². The quantitative estimate of drug-likeness (QED) is 0.827. The van der Waals surface area contributed by atoms with Crippen LogP contribution < -0.4 is 10.0 Å². The molecule has 0 aliphatic carbocycles. The number of rotatable bonds is 6. The average molecular weight is 332 g/mol. The number of nitrogens with zero attached hydrogens (tertiary/aromatic N) is 1. The van der Waals surface area contributed by atoms with Crippen LogP contribution in [0.4, 0.5) is 0 Å². The Morgan fingerprint density at radius 2 is 2.24 bits per heavy atom. The Hall–Kier alpha value is -0.470. The van der Waals surface area contributed by atoms with Crippen LogP contribution in [-0.4, -0.2) is 47.0 Å². The second kappa shape index (κ2) is 7.19. The summed E-state index contributed by atoms with van der Waals surface area (Å²) in [4.78, 5) is 3.35. The van der Waals surface area contributed by atoms with Gasteiger partial charge < -0.3 is 10.2 Å². The van der Waals surface area contributed by atoms with Gasteiger partial charge in [-0.1, -0.05) is 0 Å². The van der Waals surface area contributed by atoms with Crippen LogP contribution in [0.2, 0.25) is 0 Å². The molecular weight excluding hydrogens is 306 g/mol. The Bertz CT molecular complexity index is 569. The lowest BCUT2D eigenvalue weighted by Gasteiger charge is -2.29. The van der Waals surface area contributed by atoms with E-state index in [0.29, 0.717) is 23.2 Å². The van der Waals surface area contributed by atoms with Crippen molar-refractivity contribution in [1.82, 2.24) is 14.9 Å². The third-order valence-corrected chi connectivity index (χ3v) is 7.02. The fraction of sp³-hybridized carbons (Fsp3) is 0.714. The van der Waals surface area contributed by atoms with E-state index in [0.717, 1.165) is 36.4 Å². The van der Waals surface area contributed by atoms with E-state index in [1.807, 2.05) is 14.0 Å². The van der Waals surface area contributed by atoms with Crippen LogP contribution >= 0.6 is 11.3 Å². The molecule has 0 radical (unpaired) electrons. The number of hydrogen-bond donors (Lipinski definition) is 2. The average Bonchev–Trinajstić information content (AvgIpc) is 2.80. The van der Waals surface area contributed by atoms with Crippen molar-refractivity contribution < 1.29 is 8.42 Å². The summed E-state index contributed by atoms with van der Waals surface area (Å²) in [5.74, 6) is 0.413. The largest absolute Gasteiger partial charge is 0.315 e. The van der Waals surface area contributed by atoms with Gasteiger partial charge >= 0.3 is 0 Å². The smallest absolute Gasteiger partial charge is 0.250 e. The van der Waals surface area contributed by atoms with E-state index in [4.69, 9.17) is 0 Å². The second-order valence-electron chi connectivity index (χ2n) is 5.82. The number of piperidine rings is 1. The fourth-order valence-electron chi connectivity index (χ4n) is 2.70. The van der Waals surface area contributed by atoms with Crippen LogP contribution in [0.3, 0.4) is 0 Å². The van der Waals surface area contributed by atoms with Crippen molar-refractivity contribution in [2.24, 2.45) is 5.92 Å². The van der Waals surface area contributed by atoms with Crippen LogP contribution in [-0.2, 0) is 16.6 Å². The molecule has 1 fully saturated rings.